The first-order valence-electron chi connectivity index (χ1n) is 4.53. The van der Waals surface area contributed by atoms with Crippen LogP contribution in [-0.4, -0.2) is 22.9 Å². The summed E-state index contributed by atoms with van der Waals surface area (Å²) >= 11 is 0. The number of aliphatic hydroxyl groups excluding tert-OH is 2. The number of hydrogen-bond acceptors (Lipinski definition) is 2. The van der Waals surface area contributed by atoms with E-state index in [2.05, 4.69) is 6.92 Å². The van der Waals surface area contributed by atoms with Crippen LogP contribution in [0.3, 0.4) is 0 Å². The number of rotatable bonds is 2. The third-order valence-corrected chi connectivity index (χ3v) is 2.83. The molecule has 2 heteroatoms. The first-order chi connectivity index (χ1) is 5.24. The van der Waals surface area contributed by atoms with Gasteiger partial charge in [-0.2, -0.15) is 0 Å². The van der Waals surface area contributed by atoms with Gasteiger partial charge < -0.3 is 10.2 Å². The van der Waals surface area contributed by atoms with Gasteiger partial charge in [-0.05, 0) is 37.5 Å². The summed E-state index contributed by atoms with van der Waals surface area (Å²) in [5, 5.41) is 18.1. The Morgan fingerprint density at radius 2 is 1.82 bits per heavy atom. The molecule has 1 aliphatic rings. The summed E-state index contributed by atoms with van der Waals surface area (Å²) in [7, 11) is 0. The van der Waals surface area contributed by atoms with Gasteiger partial charge in [0.15, 0.2) is 0 Å². The Kier molecular flexibility index (Phi) is 3.34. The van der Waals surface area contributed by atoms with Gasteiger partial charge in [0.25, 0.3) is 0 Å². The largest absolute Gasteiger partial charge is 0.396 e. The zero-order valence-corrected chi connectivity index (χ0v) is 7.16. The van der Waals surface area contributed by atoms with Gasteiger partial charge in [-0.25, -0.2) is 0 Å². The van der Waals surface area contributed by atoms with Crippen LogP contribution < -0.4 is 0 Å². The molecule has 0 heterocycles. The molecular weight excluding hydrogens is 140 g/mol. The molecule has 1 saturated carbocycles. The third-order valence-electron chi connectivity index (χ3n) is 2.83. The topological polar surface area (TPSA) is 40.5 Å². The Labute approximate surface area is 68.2 Å². The van der Waals surface area contributed by atoms with E-state index in [0.717, 1.165) is 25.7 Å². The average Bonchev–Trinajstić information content (AvgIpc) is 2.05. The lowest BCUT2D eigenvalue weighted by Gasteiger charge is -2.28. The van der Waals surface area contributed by atoms with Gasteiger partial charge in [0.2, 0.25) is 0 Å². The Hall–Kier alpha value is -0.0800. The van der Waals surface area contributed by atoms with Crippen molar-refractivity contribution in [2.75, 3.05) is 6.61 Å². The Morgan fingerprint density at radius 1 is 1.27 bits per heavy atom. The molecule has 1 atom stereocenters. The standard InChI is InChI=1S/C9H18O2/c1-7(6-10)8-2-4-9(11)5-3-8/h7-11H,2-6H2,1H3. The van der Waals surface area contributed by atoms with Crippen LogP contribution in [-0.2, 0) is 0 Å². The van der Waals surface area contributed by atoms with Gasteiger partial charge in [-0.15, -0.1) is 0 Å². The second-order valence-electron chi connectivity index (χ2n) is 3.73. The maximum absolute atomic E-state index is 9.22. The zero-order chi connectivity index (χ0) is 8.27. The van der Waals surface area contributed by atoms with E-state index in [1.54, 1.807) is 0 Å². The van der Waals surface area contributed by atoms with E-state index in [0.29, 0.717) is 18.4 Å². The maximum Gasteiger partial charge on any atom is 0.0540 e. The molecule has 1 aliphatic carbocycles. The fraction of sp³-hybridized carbons (Fsp3) is 1.00. The molecule has 2 nitrogen and oxygen atoms in total. The molecule has 1 unspecified atom stereocenters. The predicted molar refractivity (Wildman–Crippen MR) is 44.2 cm³/mol. The van der Waals surface area contributed by atoms with Gasteiger partial charge in [0, 0.05) is 6.61 Å². The summed E-state index contributed by atoms with van der Waals surface area (Å²) in [5.41, 5.74) is 0. The molecule has 0 radical (unpaired) electrons. The molecule has 0 aromatic carbocycles. The summed E-state index contributed by atoms with van der Waals surface area (Å²) in [6, 6.07) is 0. The Morgan fingerprint density at radius 3 is 2.27 bits per heavy atom. The smallest absolute Gasteiger partial charge is 0.0540 e. The molecule has 66 valence electrons. The molecular formula is C9H18O2. The number of hydrogen-bond donors (Lipinski definition) is 2. The van der Waals surface area contributed by atoms with E-state index in [1.165, 1.54) is 0 Å². The van der Waals surface area contributed by atoms with Crippen molar-refractivity contribution in [2.45, 2.75) is 38.7 Å². The molecule has 11 heavy (non-hydrogen) atoms. The summed E-state index contributed by atoms with van der Waals surface area (Å²) in [4.78, 5) is 0. The second-order valence-corrected chi connectivity index (χ2v) is 3.73. The van der Waals surface area contributed by atoms with E-state index < -0.39 is 0 Å². The molecule has 1 rings (SSSR count). The summed E-state index contributed by atoms with van der Waals surface area (Å²) in [6.07, 6.45) is 3.95. The second kappa shape index (κ2) is 4.07. The summed E-state index contributed by atoms with van der Waals surface area (Å²) < 4.78 is 0. The molecule has 0 spiro atoms. The van der Waals surface area contributed by atoms with Crippen LogP contribution in [0, 0.1) is 11.8 Å². The van der Waals surface area contributed by atoms with Gasteiger partial charge in [0.05, 0.1) is 6.10 Å². The zero-order valence-electron chi connectivity index (χ0n) is 7.16. The molecule has 0 saturated heterocycles. The van der Waals surface area contributed by atoms with Crippen molar-refractivity contribution in [1.29, 1.82) is 0 Å². The van der Waals surface area contributed by atoms with Crippen LogP contribution in [0.5, 0.6) is 0 Å². The van der Waals surface area contributed by atoms with Crippen molar-refractivity contribution in [2.24, 2.45) is 11.8 Å². The highest BCUT2D eigenvalue weighted by Crippen LogP contribution is 2.29. The fourth-order valence-electron chi connectivity index (χ4n) is 1.82. The minimum Gasteiger partial charge on any atom is -0.396 e. The molecule has 2 N–H and O–H groups in total. The molecule has 1 fully saturated rings. The average molecular weight is 158 g/mol. The van der Waals surface area contributed by atoms with Gasteiger partial charge in [-0.3, -0.25) is 0 Å². The van der Waals surface area contributed by atoms with E-state index in [1.807, 2.05) is 0 Å². The highest BCUT2D eigenvalue weighted by atomic mass is 16.3. The molecule has 0 bridgehead atoms. The number of aliphatic hydroxyl groups is 2. The van der Waals surface area contributed by atoms with Crippen molar-refractivity contribution in [1.82, 2.24) is 0 Å². The SMILES string of the molecule is CC(CO)C1CCC(O)CC1. The van der Waals surface area contributed by atoms with Crippen LogP contribution in [0.15, 0.2) is 0 Å². The van der Waals surface area contributed by atoms with Crippen LogP contribution >= 0.6 is 0 Å². The maximum atomic E-state index is 9.22. The van der Waals surface area contributed by atoms with Gasteiger partial charge in [-0.1, -0.05) is 6.92 Å². The monoisotopic (exact) mass is 158 g/mol. The summed E-state index contributed by atoms with van der Waals surface area (Å²) in [6.45, 7) is 2.38. The highest BCUT2D eigenvalue weighted by molar-refractivity contribution is 4.74. The lowest BCUT2D eigenvalue weighted by molar-refractivity contribution is 0.0785. The first-order valence-corrected chi connectivity index (χ1v) is 4.53. The van der Waals surface area contributed by atoms with Crippen molar-refractivity contribution in [3.05, 3.63) is 0 Å². The molecule has 0 aromatic heterocycles. The van der Waals surface area contributed by atoms with Crippen molar-refractivity contribution in [3.8, 4) is 0 Å². The quantitative estimate of drug-likeness (QED) is 0.633. The highest BCUT2D eigenvalue weighted by Gasteiger charge is 2.23. The van der Waals surface area contributed by atoms with Crippen molar-refractivity contribution >= 4 is 0 Å². The van der Waals surface area contributed by atoms with Gasteiger partial charge >= 0.3 is 0 Å². The summed E-state index contributed by atoms with van der Waals surface area (Å²) in [5.74, 6) is 1.06. The minimum atomic E-state index is -0.0721. The predicted octanol–water partition coefficient (Wildman–Crippen LogP) is 1.17. The Balaban J connectivity index is 2.27. The lowest BCUT2D eigenvalue weighted by Crippen LogP contribution is -2.24. The van der Waals surface area contributed by atoms with E-state index >= 15 is 0 Å². The van der Waals surface area contributed by atoms with Crippen LogP contribution in [0.25, 0.3) is 0 Å². The van der Waals surface area contributed by atoms with Crippen LogP contribution in [0.4, 0.5) is 0 Å². The normalized spacial score (nSPS) is 35.2. The third kappa shape index (κ3) is 2.46. The van der Waals surface area contributed by atoms with Crippen LogP contribution in [0.1, 0.15) is 32.6 Å². The van der Waals surface area contributed by atoms with E-state index in [4.69, 9.17) is 5.11 Å². The first kappa shape index (κ1) is 9.01. The van der Waals surface area contributed by atoms with Crippen molar-refractivity contribution < 1.29 is 10.2 Å². The fourth-order valence-corrected chi connectivity index (χ4v) is 1.82. The molecule has 0 aliphatic heterocycles. The van der Waals surface area contributed by atoms with E-state index in [9.17, 15) is 5.11 Å². The van der Waals surface area contributed by atoms with Gasteiger partial charge in [0.1, 0.15) is 0 Å². The Bertz CT molecular complexity index is 106. The molecule has 0 aromatic rings. The van der Waals surface area contributed by atoms with Crippen molar-refractivity contribution in [3.63, 3.8) is 0 Å². The van der Waals surface area contributed by atoms with E-state index in [-0.39, 0.29) is 6.10 Å². The van der Waals surface area contributed by atoms with Crippen LogP contribution in [0.2, 0.25) is 0 Å². The molecule has 0 amide bonds. The lowest BCUT2D eigenvalue weighted by atomic mass is 9.80. The minimum absolute atomic E-state index is 0.0721.